The maximum Gasteiger partial charge on any atom is 0.266 e. The predicted molar refractivity (Wildman–Crippen MR) is 91.4 cm³/mol. The van der Waals surface area contributed by atoms with E-state index in [1.54, 1.807) is 12.5 Å². The molecule has 3 aliphatic heterocycles. The van der Waals surface area contributed by atoms with E-state index < -0.39 is 0 Å². The molecule has 1 amide bonds. The molecule has 1 aromatic carbocycles. The number of piperidine rings is 1. The molecule has 0 unspecified atom stereocenters. The van der Waals surface area contributed by atoms with Gasteiger partial charge < -0.3 is 19.7 Å². The van der Waals surface area contributed by atoms with Crippen molar-refractivity contribution in [1.82, 2.24) is 5.32 Å². The zero-order valence-corrected chi connectivity index (χ0v) is 13.9. The molecule has 4 rings (SSSR count). The van der Waals surface area contributed by atoms with Crippen molar-refractivity contribution >= 4 is 11.6 Å². The maximum atomic E-state index is 12.5. The topological polar surface area (TPSA) is 50.8 Å². The summed E-state index contributed by atoms with van der Waals surface area (Å²) in [6.07, 6.45) is 7.61. The van der Waals surface area contributed by atoms with E-state index in [0.717, 1.165) is 49.6 Å². The lowest BCUT2D eigenvalue weighted by Gasteiger charge is -2.33. The molecular formula is C19H24N2O3. The Kier molecular flexibility index (Phi) is 4.43. The van der Waals surface area contributed by atoms with Gasteiger partial charge in [-0.1, -0.05) is 12.1 Å². The Bertz CT molecular complexity index is 629. The van der Waals surface area contributed by atoms with Crippen LogP contribution in [0.1, 0.15) is 43.1 Å². The summed E-state index contributed by atoms with van der Waals surface area (Å²) in [5.74, 6) is 0.957. The number of nitrogens with zero attached hydrogens (tertiary/aromatic N) is 1. The average molecular weight is 328 g/mol. The van der Waals surface area contributed by atoms with Gasteiger partial charge >= 0.3 is 0 Å². The number of carbonyl (C=O) groups is 1. The standard InChI is InChI=1S/C19H24N2O3/c22-18-5-4-15-16(19-23-12-13-24-19)2-1-3-17(15)21(18)11-8-14-6-9-20-10-7-14/h1-3,12-14,19-20H,4-11H2. The SMILES string of the molecule is O=C1CCc2c(C3OC=CO3)cccc2N1CCC1CCNCC1. The number of benzene rings is 1. The Balaban J connectivity index is 1.53. The molecule has 3 heterocycles. The number of ether oxygens (including phenoxy) is 2. The van der Waals surface area contributed by atoms with E-state index >= 15 is 0 Å². The molecule has 0 saturated carbocycles. The predicted octanol–water partition coefficient (Wildman–Crippen LogP) is 2.87. The van der Waals surface area contributed by atoms with Crippen LogP contribution in [-0.2, 0) is 20.7 Å². The normalized spacial score (nSPS) is 21.5. The monoisotopic (exact) mass is 328 g/mol. The molecular weight excluding hydrogens is 304 g/mol. The summed E-state index contributed by atoms with van der Waals surface area (Å²) in [4.78, 5) is 14.5. The fraction of sp³-hybridized carbons (Fsp3) is 0.526. The molecule has 5 nitrogen and oxygen atoms in total. The van der Waals surface area contributed by atoms with Gasteiger partial charge in [0.15, 0.2) is 0 Å². The highest BCUT2D eigenvalue weighted by molar-refractivity contribution is 5.96. The van der Waals surface area contributed by atoms with E-state index in [-0.39, 0.29) is 12.2 Å². The Hall–Kier alpha value is -2.01. The summed E-state index contributed by atoms with van der Waals surface area (Å²) in [6, 6.07) is 6.09. The van der Waals surface area contributed by atoms with Crippen molar-refractivity contribution < 1.29 is 14.3 Å². The first kappa shape index (κ1) is 15.5. The van der Waals surface area contributed by atoms with Gasteiger partial charge in [-0.25, -0.2) is 0 Å². The highest BCUT2D eigenvalue weighted by Crippen LogP contribution is 2.36. The third-order valence-corrected chi connectivity index (χ3v) is 5.30. The summed E-state index contributed by atoms with van der Waals surface area (Å²) in [5.41, 5.74) is 3.27. The molecule has 24 heavy (non-hydrogen) atoms. The van der Waals surface area contributed by atoms with Gasteiger partial charge in [0.1, 0.15) is 12.5 Å². The van der Waals surface area contributed by atoms with Crippen LogP contribution in [0.3, 0.4) is 0 Å². The highest BCUT2D eigenvalue weighted by Gasteiger charge is 2.30. The zero-order valence-electron chi connectivity index (χ0n) is 13.9. The van der Waals surface area contributed by atoms with E-state index in [1.807, 2.05) is 17.0 Å². The minimum atomic E-state index is -0.376. The molecule has 0 radical (unpaired) electrons. The molecule has 1 aromatic rings. The Morgan fingerprint density at radius 3 is 2.71 bits per heavy atom. The first-order chi connectivity index (χ1) is 11.8. The van der Waals surface area contributed by atoms with Gasteiger partial charge in [-0.2, -0.15) is 0 Å². The molecule has 0 spiro atoms. The number of nitrogens with one attached hydrogen (secondary N) is 1. The van der Waals surface area contributed by atoms with Crippen LogP contribution in [0, 0.1) is 5.92 Å². The van der Waals surface area contributed by atoms with E-state index in [0.29, 0.717) is 6.42 Å². The first-order valence-electron chi connectivity index (χ1n) is 8.92. The third-order valence-electron chi connectivity index (χ3n) is 5.30. The molecule has 1 saturated heterocycles. The second kappa shape index (κ2) is 6.85. The second-order valence-corrected chi connectivity index (χ2v) is 6.75. The van der Waals surface area contributed by atoms with Crippen LogP contribution in [0.2, 0.25) is 0 Å². The summed E-state index contributed by atoms with van der Waals surface area (Å²) >= 11 is 0. The molecule has 0 bridgehead atoms. The smallest absolute Gasteiger partial charge is 0.266 e. The average Bonchev–Trinajstić information content (AvgIpc) is 3.15. The first-order valence-corrected chi connectivity index (χ1v) is 8.92. The molecule has 0 aromatic heterocycles. The Morgan fingerprint density at radius 2 is 1.92 bits per heavy atom. The molecule has 3 aliphatic rings. The quantitative estimate of drug-likeness (QED) is 0.923. The molecule has 1 N–H and O–H groups in total. The number of carbonyl (C=O) groups excluding carboxylic acids is 1. The van der Waals surface area contributed by atoms with Crippen molar-refractivity contribution in [3.63, 3.8) is 0 Å². The summed E-state index contributed by atoms with van der Waals surface area (Å²) in [7, 11) is 0. The van der Waals surface area contributed by atoms with E-state index in [1.165, 1.54) is 18.4 Å². The lowest BCUT2D eigenvalue weighted by molar-refractivity contribution is -0.119. The van der Waals surface area contributed by atoms with Crippen LogP contribution in [0.25, 0.3) is 0 Å². The van der Waals surface area contributed by atoms with Gasteiger partial charge in [0.25, 0.3) is 6.29 Å². The van der Waals surface area contributed by atoms with Crippen LogP contribution in [0.15, 0.2) is 30.7 Å². The number of anilines is 1. The van der Waals surface area contributed by atoms with Crippen molar-refractivity contribution in [3.8, 4) is 0 Å². The molecule has 1 fully saturated rings. The van der Waals surface area contributed by atoms with Gasteiger partial charge in [0, 0.05) is 24.2 Å². The molecule has 5 heteroatoms. The highest BCUT2D eigenvalue weighted by atomic mass is 16.7. The number of amides is 1. The summed E-state index contributed by atoms with van der Waals surface area (Å²) in [6.45, 7) is 3.01. The fourth-order valence-electron chi connectivity index (χ4n) is 3.95. The summed E-state index contributed by atoms with van der Waals surface area (Å²) < 4.78 is 11.0. The van der Waals surface area contributed by atoms with Crippen LogP contribution in [0.5, 0.6) is 0 Å². The number of hydrogen-bond donors (Lipinski definition) is 1. The number of rotatable bonds is 4. The Labute approximate surface area is 142 Å². The van der Waals surface area contributed by atoms with Crippen LogP contribution in [0.4, 0.5) is 5.69 Å². The van der Waals surface area contributed by atoms with Crippen LogP contribution < -0.4 is 10.2 Å². The number of fused-ring (bicyclic) bond motifs is 1. The van der Waals surface area contributed by atoms with Gasteiger partial charge in [0.2, 0.25) is 5.91 Å². The van der Waals surface area contributed by atoms with Crippen LogP contribution in [-0.4, -0.2) is 25.5 Å². The van der Waals surface area contributed by atoms with Gasteiger partial charge in [-0.3, -0.25) is 4.79 Å². The van der Waals surface area contributed by atoms with Crippen molar-refractivity contribution in [1.29, 1.82) is 0 Å². The van der Waals surface area contributed by atoms with Gasteiger partial charge in [0.05, 0.1) is 0 Å². The zero-order chi connectivity index (χ0) is 16.4. The van der Waals surface area contributed by atoms with Crippen molar-refractivity contribution in [2.24, 2.45) is 5.92 Å². The van der Waals surface area contributed by atoms with Crippen molar-refractivity contribution in [3.05, 3.63) is 41.9 Å². The van der Waals surface area contributed by atoms with E-state index in [4.69, 9.17) is 9.47 Å². The summed E-state index contributed by atoms with van der Waals surface area (Å²) in [5, 5.41) is 3.40. The second-order valence-electron chi connectivity index (χ2n) is 6.75. The van der Waals surface area contributed by atoms with Gasteiger partial charge in [-0.15, -0.1) is 0 Å². The molecule has 0 atom stereocenters. The lowest BCUT2D eigenvalue weighted by atomic mass is 9.92. The van der Waals surface area contributed by atoms with Gasteiger partial charge in [-0.05, 0) is 56.3 Å². The molecule has 128 valence electrons. The maximum absolute atomic E-state index is 12.5. The molecule has 0 aliphatic carbocycles. The largest absolute Gasteiger partial charge is 0.455 e. The minimum Gasteiger partial charge on any atom is -0.455 e. The fourth-order valence-corrected chi connectivity index (χ4v) is 3.95. The van der Waals surface area contributed by atoms with Crippen molar-refractivity contribution in [2.75, 3.05) is 24.5 Å². The van der Waals surface area contributed by atoms with Crippen LogP contribution >= 0.6 is 0 Å². The third kappa shape index (κ3) is 3.00. The van der Waals surface area contributed by atoms with Crippen molar-refractivity contribution in [2.45, 2.75) is 38.4 Å². The van der Waals surface area contributed by atoms with E-state index in [9.17, 15) is 4.79 Å². The number of hydrogen-bond acceptors (Lipinski definition) is 4. The van der Waals surface area contributed by atoms with E-state index in [2.05, 4.69) is 11.4 Å². The Morgan fingerprint density at radius 1 is 1.12 bits per heavy atom. The minimum absolute atomic E-state index is 0.236. The lowest BCUT2D eigenvalue weighted by Crippen LogP contribution is -2.38.